The molecule has 0 aliphatic rings. The first-order valence-corrected chi connectivity index (χ1v) is 24.7. The molecule has 70 heavy (non-hydrogen) atoms. The van der Waals surface area contributed by atoms with E-state index >= 15 is 0 Å². The summed E-state index contributed by atoms with van der Waals surface area (Å²) in [5, 5.41) is 9.74. The maximum Gasteiger partial charge on any atom is 0.135 e. The van der Waals surface area contributed by atoms with E-state index in [2.05, 4.69) is 246 Å². The molecule has 4 heteroatoms. The minimum atomic E-state index is 0.884. The van der Waals surface area contributed by atoms with Crippen LogP contribution in [0.15, 0.2) is 247 Å². The van der Waals surface area contributed by atoms with Crippen LogP contribution in [0.2, 0.25) is 0 Å². The van der Waals surface area contributed by atoms with Gasteiger partial charge in [0.25, 0.3) is 0 Å². The van der Waals surface area contributed by atoms with Crippen molar-refractivity contribution in [3.63, 3.8) is 0 Å². The fourth-order valence-electron chi connectivity index (χ4n) is 11.5. The lowest BCUT2D eigenvalue weighted by Gasteiger charge is -2.20. The van der Waals surface area contributed by atoms with Gasteiger partial charge in [-0.05, 0) is 123 Å². The molecular weight excluding hydrogens is 869 g/mol. The van der Waals surface area contributed by atoms with Gasteiger partial charge in [0, 0.05) is 63.9 Å². The molecule has 4 heterocycles. The summed E-state index contributed by atoms with van der Waals surface area (Å²) in [6.07, 6.45) is 0. The smallest absolute Gasteiger partial charge is 0.135 e. The highest BCUT2D eigenvalue weighted by atomic mass is 32.1. The fourth-order valence-corrected chi connectivity index (χ4v) is 12.7. The van der Waals surface area contributed by atoms with Crippen molar-refractivity contribution in [2.75, 3.05) is 0 Å². The first kappa shape index (κ1) is 39.1. The zero-order valence-corrected chi connectivity index (χ0v) is 38.6. The highest BCUT2D eigenvalue weighted by Gasteiger charge is 2.24. The highest BCUT2D eigenvalue weighted by molar-refractivity contribution is 7.25. The maximum absolute atomic E-state index is 6.41. The van der Waals surface area contributed by atoms with Gasteiger partial charge in [-0.15, -0.1) is 11.3 Å². The van der Waals surface area contributed by atoms with Gasteiger partial charge in [0.2, 0.25) is 0 Å². The molecule has 0 unspecified atom stereocenters. The van der Waals surface area contributed by atoms with E-state index in [9.17, 15) is 0 Å². The van der Waals surface area contributed by atoms with E-state index in [0.29, 0.717) is 0 Å². The van der Waals surface area contributed by atoms with Crippen LogP contribution in [0, 0.1) is 0 Å². The average Bonchev–Trinajstić information content (AvgIpc) is 4.18. The third-order valence-electron chi connectivity index (χ3n) is 14.5. The van der Waals surface area contributed by atoms with Gasteiger partial charge in [-0.1, -0.05) is 164 Å². The van der Waals surface area contributed by atoms with Gasteiger partial charge >= 0.3 is 0 Å². The molecule has 0 bridgehead atoms. The van der Waals surface area contributed by atoms with Crippen LogP contribution in [0.4, 0.5) is 0 Å². The molecule has 0 fully saturated rings. The van der Waals surface area contributed by atoms with E-state index < -0.39 is 0 Å². The number of thiophene rings is 1. The molecule has 0 atom stereocenters. The summed E-state index contributed by atoms with van der Waals surface area (Å²) in [5.74, 6) is 0. The number of hydrogen-bond acceptors (Lipinski definition) is 2. The third-order valence-corrected chi connectivity index (χ3v) is 15.7. The molecule has 0 amide bonds. The van der Waals surface area contributed by atoms with E-state index in [4.69, 9.17) is 4.42 Å². The van der Waals surface area contributed by atoms with Crippen molar-refractivity contribution in [3.05, 3.63) is 243 Å². The number of hydrogen-bond donors (Lipinski definition) is 0. The zero-order valence-electron chi connectivity index (χ0n) is 37.8. The molecule has 3 nitrogen and oxygen atoms in total. The Balaban J connectivity index is 1.04. The van der Waals surface area contributed by atoms with Crippen LogP contribution < -0.4 is 0 Å². The van der Waals surface area contributed by atoms with Crippen molar-refractivity contribution in [1.29, 1.82) is 0 Å². The molecule has 326 valence electrons. The summed E-state index contributed by atoms with van der Waals surface area (Å²) in [7, 11) is 0. The van der Waals surface area contributed by atoms with Crippen LogP contribution in [-0.4, -0.2) is 9.13 Å². The van der Waals surface area contributed by atoms with Crippen LogP contribution in [0.1, 0.15) is 0 Å². The Morgan fingerprint density at radius 1 is 0.286 bits per heavy atom. The third kappa shape index (κ3) is 5.81. The number of para-hydroxylation sites is 4. The molecule has 0 saturated heterocycles. The Labute approximate surface area is 407 Å². The molecule has 4 aromatic heterocycles. The van der Waals surface area contributed by atoms with Crippen molar-refractivity contribution in [2.45, 2.75) is 0 Å². The first-order valence-electron chi connectivity index (χ1n) is 23.9. The molecule has 0 aliphatic carbocycles. The molecule has 0 aliphatic heterocycles. The van der Waals surface area contributed by atoms with Crippen LogP contribution in [-0.2, 0) is 0 Å². The lowest BCUT2D eigenvalue weighted by Crippen LogP contribution is -1.99. The Kier molecular flexibility index (Phi) is 8.53. The molecule has 0 radical (unpaired) electrons. The minimum absolute atomic E-state index is 0.884. The number of fused-ring (bicyclic) bond motifs is 12. The quantitative estimate of drug-likeness (QED) is 0.163. The number of furan rings is 1. The SMILES string of the molecule is c1ccc(-c2c(-c3ccc4c(c3)sc3ccccc34)cc(-n3c4ccccc4c4c(-c5cccc6c5c5ccccc5n6-c5ccccc5)cccc43)cc2-c2ccc3oc4ccccc4c3c2)cc1. The van der Waals surface area contributed by atoms with Crippen LogP contribution in [0.3, 0.4) is 0 Å². The number of benzene rings is 11. The van der Waals surface area contributed by atoms with Gasteiger partial charge in [-0.3, -0.25) is 0 Å². The summed E-state index contributed by atoms with van der Waals surface area (Å²) >= 11 is 1.87. The van der Waals surface area contributed by atoms with Gasteiger partial charge in [0.1, 0.15) is 11.2 Å². The van der Waals surface area contributed by atoms with Crippen LogP contribution in [0.5, 0.6) is 0 Å². The Morgan fingerprint density at radius 3 is 1.50 bits per heavy atom. The summed E-state index contributed by atoms with van der Waals surface area (Å²) in [5.41, 5.74) is 18.2. The van der Waals surface area contributed by atoms with Crippen LogP contribution in [0.25, 0.3) is 142 Å². The number of rotatable bonds is 6. The normalized spacial score (nSPS) is 12.0. The predicted molar refractivity (Wildman–Crippen MR) is 297 cm³/mol. The van der Waals surface area contributed by atoms with Crippen LogP contribution >= 0.6 is 11.3 Å². The Hall–Kier alpha value is -8.96. The first-order chi connectivity index (χ1) is 34.7. The molecular formula is C66H40N2OS. The highest BCUT2D eigenvalue weighted by Crippen LogP contribution is 2.48. The van der Waals surface area contributed by atoms with Gasteiger partial charge < -0.3 is 13.6 Å². The van der Waals surface area contributed by atoms with E-state index in [1.807, 2.05) is 17.4 Å². The Bertz CT molecular complexity index is 4590. The summed E-state index contributed by atoms with van der Waals surface area (Å²) in [6.45, 7) is 0. The van der Waals surface area contributed by atoms with Gasteiger partial charge in [-0.2, -0.15) is 0 Å². The monoisotopic (exact) mass is 908 g/mol. The molecule has 15 rings (SSSR count). The van der Waals surface area contributed by atoms with Crippen molar-refractivity contribution < 1.29 is 4.42 Å². The van der Waals surface area contributed by atoms with E-state index in [0.717, 1.165) is 55.5 Å². The summed E-state index contributed by atoms with van der Waals surface area (Å²) in [4.78, 5) is 0. The molecule has 15 aromatic rings. The van der Waals surface area contributed by atoms with Gasteiger partial charge in [0.05, 0.1) is 22.1 Å². The second-order valence-electron chi connectivity index (χ2n) is 18.3. The van der Waals surface area contributed by atoms with Crippen molar-refractivity contribution >= 4 is 97.1 Å². The second-order valence-corrected chi connectivity index (χ2v) is 19.4. The second kappa shape index (κ2) is 15.3. The lowest BCUT2D eigenvalue weighted by molar-refractivity contribution is 0.669. The molecule has 0 spiro atoms. The van der Waals surface area contributed by atoms with E-state index in [1.165, 1.54) is 86.1 Å². The largest absolute Gasteiger partial charge is 0.456 e. The lowest BCUT2D eigenvalue weighted by atomic mass is 9.86. The number of aromatic nitrogens is 2. The van der Waals surface area contributed by atoms with Crippen molar-refractivity contribution in [1.82, 2.24) is 9.13 Å². The average molecular weight is 909 g/mol. The fraction of sp³-hybridized carbons (Fsp3) is 0. The zero-order chi connectivity index (χ0) is 45.9. The van der Waals surface area contributed by atoms with Crippen molar-refractivity contribution in [2.24, 2.45) is 0 Å². The minimum Gasteiger partial charge on any atom is -0.456 e. The Morgan fingerprint density at radius 2 is 0.800 bits per heavy atom. The maximum atomic E-state index is 6.41. The van der Waals surface area contributed by atoms with E-state index in [-0.39, 0.29) is 0 Å². The van der Waals surface area contributed by atoms with Gasteiger partial charge in [0.15, 0.2) is 0 Å². The molecule has 0 saturated carbocycles. The predicted octanol–water partition coefficient (Wildman–Crippen LogP) is 18.8. The van der Waals surface area contributed by atoms with Gasteiger partial charge in [-0.25, -0.2) is 0 Å². The molecule has 0 N–H and O–H groups in total. The topological polar surface area (TPSA) is 23.0 Å². The van der Waals surface area contributed by atoms with E-state index in [1.54, 1.807) is 0 Å². The molecule has 11 aromatic carbocycles. The summed E-state index contributed by atoms with van der Waals surface area (Å²) in [6, 6.07) is 89.0. The summed E-state index contributed by atoms with van der Waals surface area (Å²) < 4.78 is 13.9. The van der Waals surface area contributed by atoms with Crippen molar-refractivity contribution in [3.8, 4) is 55.9 Å². The number of nitrogens with zero attached hydrogens (tertiary/aromatic N) is 2. The standard InChI is InChI=1S/C66H40N2OS/c1-3-17-41(18-4-1)64-53(42-34-36-61-55(37-42)46-21-9-13-31-60(46)69-61)39-45(40-54(64)43-33-35-48-47-22-10-14-32-62(47)70-63(48)38-43)68-57-28-12-8-24-52(57)66-50(26-16-30-59(66)68)49-25-15-29-58-65(49)51-23-7-11-27-56(51)67(58)44-19-5-2-6-20-44/h1-40H.